The van der Waals surface area contributed by atoms with Gasteiger partial charge in [0.2, 0.25) is 0 Å². The topological polar surface area (TPSA) is 102 Å². The molecule has 1 heterocycles. The Bertz CT molecular complexity index is 871. The van der Waals surface area contributed by atoms with Crippen molar-refractivity contribution in [2.45, 2.75) is 19.9 Å². The van der Waals surface area contributed by atoms with Gasteiger partial charge in [-0.1, -0.05) is 36.4 Å². The third-order valence-corrected chi connectivity index (χ3v) is 3.66. The maximum absolute atomic E-state index is 9.10. The molecule has 2 N–H and O–H groups in total. The van der Waals surface area contributed by atoms with Crippen LogP contribution in [0.4, 0.5) is 0 Å². The van der Waals surface area contributed by atoms with Crippen molar-refractivity contribution in [3.05, 3.63) is 60.7 Å². The number of aromatic nitrogens is 2. The summed E-state index contributed by atoms with van der Waals surface area (Å²) in [6, 6.07) is 14.5. The van der Waals surface area contributed by atoms with Gasteiger partial charge in [0.05, 0.1) is 6.61 Å². The molecule has 0 aliphatic carbocycles. The highest BCUT2D eigenvalue weighted by molar-refractivity contribution is 6.27. The van der Waals surface area contributed by atoms with Gasteiger partial charge in [0.1, 0.15) is 11.6 Å². The van der Waals surface area contributed by atoms with Crippen molar-refractivity contribution >= 4 is 22.7 Å². The summed E-state index contributed by atoms with van der Waals surface area (Å²) in [4.78, 5) is 22.4. The zero-order chi connectivity index (χ0) is 18.9. The lowest BCUT2D eigenvalue weighted by molar-refractivity contribution is -0.159. The number of nitrogens with zero attached hydrogens (tertiary/aromatic N) is 2. The molecule has 0 saturated heterocycles. The Morgan fingerprint density at radius 1 is 1.08 bits per heavy atom. The lowest BCUT2D eigenvalue weighted by atomic mass is 10.1. The first-order valence-corrected chi connectivity index (χ1v) is 8.03. The summed E-state index contributed by atoms with van der Waals surface area (Å²) >= 11 is 0. The Morgan fingerprint density at radius 2 is 1.77 bits per heavy atom. The molecular formula is C19H20N2O5. The number of carboxylic acids is 2. The number of hydrogen-bond acceptors (Lipinski definition) is 4. The fourth-order valence-corrected chi connectivity index (χ4v) is 2.38. The number of aliphatic carboxylic acids is 2. The van der Waals surface area contributed by atoms with Crippen molar-refractivity contribution in [1.82, 2.24) is 9.55 Å². The van der Waals surface area contributed by atoms with Gasteiger partial charge < -0.3 is 19.5 Å². The van der Waals surface area contributed by atoms with Crippen LogP contribution in [0, 0.1) is 6.92 Å². The van der Waals surface area contributed by atoms with Crippen LogP contribution in [0.3, 0.4) is 0 Å². The highest BCUT2D eigenvalue weighted by atomic mass is 16.5. The summed E-state index contributed by atoms with van der Waals surface area (Å²) in [5.41, 5.74) is 0. The van der Waals surface area contributed by atoms with Crippen LogP contribution < -0.4 is 4.74 Å². The molecule has 0 aliphatic heterocycles. The summed E-state index contributed by atoms with van der Waals surface area (Å²) in [5, 5.41) is 17.2. The fourth-order valence-electron chi connectivity index (χ4n) is 2.38. The van der Waals surface area contributed by atoms with Gasteiger partial charge in [0.25, 0.3) is 0 Å². The SMILES string of the molecule is Cc1nccn1CCCOc1cccc2ccccc12.O=C(O)C(=O)O. The average molecular weight is 356 g/mol. The maximum atomic E-state index is 9.10. The van der Waals surface area contributed by atoms with Crippen molar-refractivity contribution in [1.29, 1.82) is 0 Å². The average Bonchev–Trinajstić information content (AvgIpc) is 3.04. The van der Waals surface area contributed by atoms with Gasteiger partial charge in [-0.2, -0.15) is 0 Å². The molecule has 136 valence electrons. The van der Waals surface area contributed by atoms with Crippen LogP contribution in [-0.4, -0.2) is 38.3 Å². The van der Waals surface area contributed by atoms with Gasteiger partial charge in [-0.3, -0.25) is 0 Å². The first kappa shape index (κ1) is 19.0. The van der Waals surface area contributed by atoms with E-state index in [4.69, 9.17) is 24.5 Å². The summed E-state index contributed by atoms with van der Waals surface area (Å²) in [6.45, 7) is 3.67. The number of aryl methyl sites for hydroxylation is 2. The van der Waals surface area contributed by atoms with Crippen LogP contribution in [0.25, 0.3) is 10.8 Å². The normalized spacial score (nSPS) is 10.0. The number of carbonyl (C=O) groups is 2. The van der Waals surface area contributed by atoms with Gasteiger partial charge in [-0.15, -0.1) is 0 Å². The summed E-state index contributed by atoms with van der Waals surface area (Å²) in [6.07, 6.45) is 4.81. The quantitative estimate of drug-likeness (QED) is 0.538. The number of rotatable bonds is 5. The zero-order valence-electron chi connectivity index (χ0n) is 14.3. The van der Waals surface area contributed by atoms with E-state index in [0.717, 1.165) is 24.5 Å². The summed E-state index contributed by atoms with van der Waals surface area (Å²) < 4.78 is 8.07. The van der Waals surface area contributed by atoms with E-state index in [1.165, 1.54) is 10.8 Å². The van der Waals surface area contributed by atoms with Crippen LogP contribution in [0.5, 0.6) is 5.75 Å². The molecule has 0 radical (unpaired) electrons. The minimum Gasteiger partial charge on any atom is -0.493 e. The van der Waals surface area contributed by atoms with E-state index < -0.39 is 11.9 Å². The predicted octanol–water partition coefficient (Wildman–Crippen LogP) is 2.97. The standard InChI is InChI=1S/C17H18N2O.C2H2O4/c1-14-18-10-12-19(14)11-5-13-20-17-9-4-7-15-6-2-3-8-16(15)17;3-1(4)2(5)6/h2-4,6-10,12H,5,11,13H2,1H3;(H,3,4)(H,5,6). The molecule has 0 saturated carbocycles. The molecule has 0 unspecified atom stereocenters. The van der Waals surface area contributed by atoms with Crippen LogP contribution in [0.1, 0.15) is 12.2 Å². The molecule has 7 nitrogen and oxygen atoms in total. The zero-order valence-corrected chi connectivity index (χ0v) is 14.3. The van der Waals surface area contributed by atoms with E-state index >= 15 is 0 Å². The first-order valence-electron chi connectivity index (χ1n) is 8.03. The van der Waals surface area contributed by atoms with Crippen molar-refractivity contribution < 1.29 is 24.5 Å². The van der Waals surface area contributed by atoms with Crippen LogP contribution in [0.2, 0.25) is 0 Å². The van der Waals surface area contributed by atoms with E-state index in [2.05, 4.69) is 27.8 Å². The van der Waals surface area contributed by atoms with Crippen molar-refractivity contribution in [3.8, 4) is 5.75 Å². The minimum absolute atomic E-state index is 0.714. The van der Waals surface area contributed by atoms with E-state index in [1.807, 2.05) is 43.6 Å². The van der Waals surface area contributed by atoms with E-state index in [-0.39, 0.29) is 0 Å². The molecule has 0 aliphatic rings. The molecule has 0 bridgehead atoms. The van der Waals surface area contributed by atoms with Crippen molar-refractivity contribution in [3.63, 3.8) is 0 Å². The Hall–Kier alpha value is -3.35. The largest absolute Gasteiger partial charge is 0.493 e. The predicted molar refractivity (Wildman–Crippen MR) is 96.3 cm³/mol. The second-order valence-corrected chi connectivity index (χ2v) is 5.46. The molecule has 3 aromatic rings. The van der Waals surface area contributed by atoms with Crippen molar-refractivity contribution in [2.75, 3.05) is 6.61 Å². The van der Waals surface area contributed by atoms with E-state index in [9.17, 15) is 0 Å². The fraction of sp³-hybridized carbons (Fsp3) is 0.211. The van der Waals surface area contributed by atoms with Crippen LogP contribution >= 0.6 is 0 Å². The molecule has 0 amide bonds. The van der Waals surface area contributed by atoms with Crippen LogP contribution in [-0.2, 0) is 16.1 Å². The molecule has 3 rings (SSSR count). The Balaban J connectivity index is 0.000000352. The second-order valence-electron chi connectivity index (χ2n) is 5.46. The highest BCUT2D eigenvalue weighted by Gasteiger charge is 2.04. The molecule has 0 spiro atoms. The third-order valence-electron chi connectivity index (χ3n) is 3.66. The monoisotopic (exact) mass is 356 g/mol. The van der Waals surface area contributed by atoms with Crippen molar-refractivity contribution in [2.24, 2.45) is 0 Å². The minimum atomic E-state index is -1.82. The van der Waals surface area contributed by atoms with Gasteiger partial charge in [0, 0.05) is 24.3 Å². The summed E-state index contributed by atoms with van der Waals surface area (Å²) in [7, 11) is 0. The van der Waals surface area contributed by atoms with Gasteiger partial charge in [-0.25, -0.2) is 14.6 Å². The molecule has 1 aromatic heterocycles. The lowest BCUT2D eigenvalue weighted by Gasteiger charge is -2.10. The highest BCUT2D eigenvalue weighted by Crippen LogP contribution is 2.25. The lowest BCUT2D eigenvalue weighted by Crippen LogP contribution is -2.09. The molecule has 0 fully saturated rings. The van der Waals surface area contributed by atoms with E-state index in [0.29, 0.717) is 6.61 Å². The van der Waals surface area contributed by atoms with Gasteiger partial charge >= 0.3 is 11.9 Å². The van der Waals surface area contributed by atoms with Crippen LogP contribution in [0.15, 0.2) is 54.9 Å². The number of hydrogen-bond donors (Lipinski definition) is 2. The smallest absolute Gasteiger partial charge is 0.414 e. The first-order chi connectivity index (χ1) is 12.5. The maximum Gasteiger partial charge on any atom is 0.414 e. The number of imidazole rings is 1. The molecule has 0 atom stereocenters. The third kappa shape index (κ3) is 5.34. The number of ether oxygens (including phenoxy) is 1. The molecule has 26 heavy (non-hydrogen) atoms. The Kier molecular flexibility index (Phi) is 6.73. The number of benzene rings is 2. The van der Waals surface area contributed by atoms with E-state index in [1.54, 1.807) is 0 Å². The molecular weight excluding hydrogens is 336 g/mol. The summed E-state index contributed by atoms with van der Waals surface area (Å²) in [5.74, 6) is -1.63. The molecule has 7 heteroatoms. The second kappa shape index (κ2) is 9.22. The Labute approximate surface area is 150 Å². The van der Waals surface area contributed by atoms with Gasteiger partial charge in [0.15, 0.2) is 0 Å². The molecule has 2 aromatic carbocycles. The number of fused-ring (bicyclic) bond motifs is 1. The number of carboxylic acid groups (broad SMARTS) is 2. The Morgan fingerprint density at radius 3 is 2.42 bits per heavy atom. The van der Waals surface area contributed by atoms with Gasteiger partial charge in [-0.05, 0) is 24.8 Å².